The summed E-state index contributed by atoms with van der Waals surface area (Å²) in [5.74, 6) is 0.997. The van der Waals surface area contributed by atoms with E-state index in [1.54, 1.807) is 12.1 Å². The molecule has 29 heavy (non-hydrogen) atoms. The van der Waals surface area contributed by atoms with Gasteiger partial charge in [0, 0.05) is 11.4 Å². The van der Waals surface area contributed by atoms with Crippen molar-refractivity contribution in [3.8, 4) is 5.75 Å². The molecule has 0 N–H and O–H groups in total. The van der Waals surface area contributed by atoms with Gasteiger partial charge in [0.1, 0.15) is 29.5 Å². The predicted octanol–water partition coefficient (Wildman–Crippen LogP) is 5.08. The SMILES string of the molecule is Fc1ccc2ncnc(Sc3nnc(COc4ccccc4Cl)n3C3CC3)c2c1. The molecular formula is C20H15ClFN5OS. The molecule has 1 aliphatic rings. The van der Waals surface area contributed by atoms with E-state index in [1.165, 1.54) is 30.2 Å². The molecule has 9 heteroatoms. The van der Waals surface area contributed by atoms with Crippen LogP contribution in [-0.2, 0) is 6.61 Å². The zero-order valence-corrected chi connectivity index (χ0v) is 16.7. The normalized spacial score (nSPS) is 13.7. The van der Waals surface area contributed by atoms with Gasteiger partial charge in [0.2, 0.25) is 0 Å². The van der Waals surface area contributed by atoms with Crippen molar-refractivity contribution in [1.82, 2.24) is 24.7 Å². The molecule has 0 atom stereocenters. The summed E-state index contributed by atoms with van der Waals surface area (Å²) >= 11 is 7.53. The molecule has 0 amide bonds. The number of benzene rings is 2. The Bertz CT molecular complexity index is 1200. The van der Waals surface area contributed by atoms with Crippen LogP contribution in [0.2, 0.25) is 5.02 Å². The molecule has 1 aliphatic carbocycles. The van der Waals surface area contributed by atoms with Gasteiger partial charge >= 0.3 is 0 Å². The third kappa shape index (κ3) is 3.77. The minimum atomic E-state index is -0.327. The van der Waals surface area contributed by atoms with Crippen molar-refractivity contribution in [2.45, 2.75) is 35.7 Å². The zero-order chi connectivity index (χ0) is 19.8. The summed E-state index contributed by atoms with van der Waals surface area (Å²) in [7, 11) is 0. The van der Waals surface area contributed by atoms with Gasteiger partial charge < -0.3 is 4.74 Å². The molecule has 5 rings (SSSR count). The molecule has 4 aromatic rings. The topological polar surface area (TPSA) is 65.7 Å². The van der Waals surface area contributed by atoms with E-state index in [1.807, 2.05) is 18.2 Å². The Morgan fingerprint density at radius 2 is 2.00 bits per heavy atom. The molecule has 146 valence electrons. The first-order chi connectivity index (χ1) is 14.2. The van der Waals surface area contributed by atoms with Crippen molar-refractivity contribution in [3.63, 3.8) is 0 Å². The van der Waals surface area contributed by atoms with Crippen molar-refractivity contribution in [2.75, 3.05) is 0 Å². The number of hydrogen-bond acceptors (Lipinski definition) is 6. The molecular weight excluding hydrogens is 413 g/mol. The minimum absolute atomic E-state index is 0.257. The van der Waals surface area contributed by atoms with Gasteiger partial charge in [0.15, 0.2) is 11.0 Å². The number of para-hydroxylation sites is 1. The van der Waals surface area contributed by atoms with E-state index in [-0.39, 0.29) is 12.4 Å². The van der Waals surface area contributed by atoms with E-state index >= 15 is 0 Å². The Hall–Kier alpha value is -2.71. The molecule has 1 saturated carbocycles. The summed E-state index contributed by atoms with van der Waals surface area (Å²) in [6.07, 6.45) is 3.59. The lowest BCUT2D eigenvalue weighted by Crippen LogP contribution is -2.07. The fourth-order valence-electron chi connectivity index (χ4n) is 3.05. The van der Waals surface area contributed by atoms with E-state index < -0.39 is 0 Å². The van der Waals surface area contributed by atoms with E-state index in [9.17, 15) is 4.39 Å². The van der Waals surface area contributed by atoms with Crippen LogP contribution in [0.5, 0.6) is 5.75 Å². The first kappa shape index (κ1) is 18.3. The number of nitrogens with zero attached hydrogens (tertiary/aromatic N) is 5. The van der Waals surface area contributed by atoms with Gasteiger partial charge in [-0.2, -0.15) is 0 Å². The van der Waals surface area contributed by atoms with Gasteiger partial charge in [0.25, 0.3) is 0 Å². The van der Waals surface area contributed by atoms with Crippen LogP contribution in [0.4, 0.5) is 4.39 Å². The third-order valence-corrected chi connectivity index (χ3v) is 5.88. The van der Waals surface area contributed by atoms with Crippen molar-refractivity contribution in [1.29, 1.82) is 0 Å². The molecule has 0 aliphatic heterocycles. The Labute approximate surface area is 175 Å². The number of aromatic nitrogens is 5. The van der Waals surface area contributed by atoms with Crippen LogP contribution < -0.4 is 4.74 Å². The van der Waals surface area contributed by atoms with Crippen molar-refractivity contribution in [3.05, 3.63) is 65.5 Å². The van der Waals surface area contributed by atoms with Gasteiger partial charge in [-0.05, 0) is 54.9 Å². The maximum absolute atomic E-state index is 13.7. The Morgan fingerprint density at radius 1 is 1.14 bits per heavy atom. The molecule has 0 saturated heterocycles. The highest BCUT2D eigenvalue weighted by Crippen LogP contribution is 2.41. The fraction of sp³-hybridized carbons (Fsp3) is 0.200. The highest BCUT2D eigenvalue weighted by atomic mass is 35.5. The number of fused-ring (bicyclic) bond motifs is 1. The highest BCUT2D eigenvalue weighted by molar-refractivity contribution is 7.99. The lowest BCUT2D eigenvalue weighted by molar-refractivity contribution is 0.288. The van der Waals surface area contributed by atoms with Gasteiger partial charge in [-0.3, -0.25) is 4.57 Å². The summed E-state index contributed by atoms with van der Waals surface area (Å²) in [5.41, 5.74) is 0.684. The van der Waals surface area contributed by atoms with Crippen molar-refractivity contribution in [2.24, 2.45) is 0 Å². The average Bonchev–Trinajstić information content (AvgIpc) is 3.49. The number of rotatable bonds is 6. The number of hydrogen-bond donors (Lipinski definition) is 0. The van der Waals surface area contributed by atoms with Gasteiger partial charge in [-0.1, -0.05) is 23.7 Å². The molecule has 2 heterocycles. The summed E-state index contributed by atoms with van der Waals surface area (Å²) < 4.78 is 21.7. The molecule has 0 radical (unpaired) electrons. The lowest BCUT2D eigenvalue weighted by Gasteiger charge is -2.11. The van der Waals surface area contributed by atoms with Gasteiger partial charge in [-0.15, -0.1) is 10.2 Å². The van der Waals surface area contributed by atoms with E-state index in [0.717, 1.165) is 18.7 Å². The van der Waals surface area contributed by atoms with Crippen molar-refractivity contribution >= 4 is 34.3 Å². The maximum atomic E-state index is 13.7. The fourth-order valence-corrected chi connectivity index (χ4v) is 4.22. The van der Waals surface area contributed by atoms with Gasteiger partial charge in [-0.25, -0.2) is 14.4 Å². The largest absolute Gasteiger partial charge is 0.484 e. The van der Waals surface area contributed by atoms with Crippen LogP contribution in [0.25, 0.3) is 10.9 Å². The molecule has 0 bridgehead atoms. The number of halogens is 2. The van der Waals surface area contributed by atoms with Gasteiger partial charge in [0.05, 0.1) is 10.5 Å². The van der Waals surface area contributed by atoms with Crippen LogP contribution in [0.1, 0.15) is 24.7 Å². The second-order valence-corrected chi connectivity index (χ2v) is 8.02. The standard InChI is InChI=1S/C20H15ClFN5OS/c21-15-3-1-2-4-17(15)28-10-18-25-26-20(27(18)13-6-7-13)29-19-14-9-12(22)5-8-16(14)23-11-24-19/h1-5,8-9,11,13H,6-7,10H2. The first-order valence-electron chi connectivity index (χ1n) is 9.08. The Kier molecular flexibility index (Phi) is 4.81. The monoisotopic (exact) mass is 427 g/mol. The second kappa shape index (κ2) is 7.61. The summed E-state index contributed by atoms with van der Waals surface area (Å²) in [6.45, 7) is 0.257. The van der Waals surface area contributed by atoms with E-state index in [4.69, 9.17) is 16.3 Å². The van der Waals surface area contributed by atoms with Crippen LogP contribution in [0.15, 0.2) is 59.0 Å². The molecule has 2 aromatic carbocycles. The van der Waals surface area contributed by atoms with Crippen LogP contribution in [0.3, 0.4) is 0 Å². The minimum Gasteiger partial charge on any atom is -0.484 e. The molecule has 0 spiro atoms. The summed E-state index contributed by atoms with van der Waals surface area (Å²) in [6, 6.07) is 12.1. The predicted molar refractivity (Wildman–Crippen MR) is 108 cm³/mol. The quantitative estimate of drug-likeness (QED) is 0.400. The zero-order valence-electron chi connectivity index (χ0n) is 15.1. The van der Waals surface area contributed by atoms with Crippen LogP contribution in [0, 0.1) is 5.82 Å². The lowest BCUT2D eigenvalue weighted by atomic mass is 10.2. The number of ether oxygens (including phenoxy) is 1. The molecule has 0 unspecified atom stereocenters. The highest BCUT2D eigenvalue weighted by Gasteiger charge is 2.30. The molecule has 1 fully saturated rings. The van der Waals surface area contributed by atoms with E-state index in [2.05, 4.69) is 24.7 Å². The maximum Gasteiger partial charge on any atom is 0.197 e. The third-order valence-electron chi connectivity index (χ3n) is 4.59. The van der Waals surface area contributed by atoms with Crippen LogP contribution >= 0.6 is 23.4 Å². The summed E-state index contributed by atoms with van der Waals surface area (Å²) in [5, 5.41) is 11.2. The second-order valence-electron chi connectivity index (χ2n) is 6.66. The molecule has 6 nitrogen and oxygen atoms in total. The average molecular weight is 428 g/mol. The smallest absolute Gasteiger partial charge is 0.197 e. The summed E-state index contributed by atoms with van der Waals surface area (Å²) in [4.78, 5) is 8.54. The van der Waals surface area contributed by atoms with E-state index in [0.29, 0.717) is 37.9 Å². The molecule has 2 aromatic heterocycles. The van der Waals surface area contributed by atoms with Crippen molar-refractivity contribution < 1.29 is 9.13 Å². The Balaban J connectivity index is 1.45. The van der Waals surface area contributed by atoms with Crippen LogP contribution in [-0.4, -0.2) is 24.7 Å². The Morgan fingerprint density at radius 3 is 2.83 bits per heavy atom. The first-order valence-corrected chi connectivity index (χ1v) is 10.3.